The second-order valence-corrected chi connectivity index (χ2v) is 5.34. The van der Waals surface area contributed by atoms with E-state index < -0.39 is 0 Å². The van der Waals surface area contributed by atoms with Crippen LogP contribution in [-0.2, 0) is 0 Å². The zero-order valence-electron chi connectivity index (χ0n) is 13.1. The summed E-state index contributed by atoms with van der Waals surface area (Å²) in [5, 5.41) is 19.9. The van der Waals surface area contributed by atoms with E-state index in [1.807, 2.05) is 18.2 Å². The zero-order valence-corrected chi connectivity index (χ0v) is 13.1. The molecule has 0 radical (unpaired) electrons. The maximum atomic E-state index is 8.85. The van der Waals surface area contributed by atoms with Crippen LogP contribution in [0.25, 0.3) is 0 Å². The molecule has 0 amide bonds. The Kier molecular flexibility index (Phi) is 6.39. The van der Waals surface area contributed by atoms with Gasteiger partial charge in [-0.25, -0.2) is 0 Å². The molecule has 0 aliphatic carbocycles. The van der Waals surface area contributed by atoms with Gasteiger partial charge in [-0.1, -0.05) is 18.6 Å². The monoisotopic (exact) mass is 314 g/mol. The lowest BCUT2D eigenvalue weighted by Crippen LogP contribution is -2.33. The van der Waals surface area contributed by atoms with Crippen LogP contribution in [-0.4, -0.2) is 42.7 Å². The van der Waals surface area contributed by atoms with Crippen molar-refractivity contribution in [2.24, 2.45) is 10.8 Å². The number of likely N-dealkylation sites (tertiary alicyclic amines) is 1. The topological polar surface area (TPSA) is 111 Å². The molecule has 1 aliphatic heterocycles. The van der Waals surface area contributed by atoms with E-state index in [4.69, 9.17) is 21.1 Å². The second kappa shape index (κ2) is 8.76. The van der Waals surface area contributed by atoms with Gasteiger partial charge in [0.05, 0.1) is 5.69 Å². The minimum atomic E-state index is -0.372. The number of nitrogens with two attached hydrogens (primary N) is 1. The third-order valence-corrected chi connectivity index (χ3v) is 3.65. The van der Waals surface area contributed by atoms with Gasteiger partial charge in [-0.3, -0.25) is 15.7 Å². The number of rotatable bonds is 7. The van der Waals surface area contributed by atoms with Crippen molar-refractivity contribution in [2.45, 2.75) is 19.3 Å². The summed E-state index contributed by atoms with van der Waals surface area (Å²) >= 11 is 0. The minimum absolute atomic E-state index is 0.159. The predicted molar refractivity (Wildman–Crippen MR) is 90.8 cm³/mol. The van der Waals surface area contributed by atoms with E-state index in [9.17, 15) is 0 Å². The van der Waals surface area contributed by atoms with Gasteiger partial charge in [-0.15, -0.1) is 0 Å². The largest absolute Gasteiger partial charge is 0.490 e. The summed E-state index contributed by atoms with van der Waals surface area (Å²) in [6.45, 7) is 3.77. The van der Waals surface area contributed by atoms with Gasteiger partial charge >= 0.3 is 0 Å². The first-order valence-corrected chi connectivity index (χ1v) is 7.73. The lowest BCUT2D eigenvalue weighted by Gasteiger charge is -2.26. The molecule has 1 fully saturated rings. The van der Waals surface area contributed by atoms with E-state index in [1.165, 1.54) is 19.3 Å². The Hall–Kier alpha value is -2.59. The van der Waals surface area contributed by atoms with Crippen molar-refractivity contribution in [1.29, 1.82) is 10.7 Å². The number of hydrogen-bond donors (Lipinski definition) is 3. The third-order valence-electron chi connectivity index (χ3n) is 3.65. The van der Waals surface area contributed by atoms with Gasteiger partial charge in [0.25, 0.3) is 0 Å². The molecule has 7 nitrogen and oxygen atoms in total. The van der Waals surface area contributed by atoms with Crippen LogP contribution in [0.15, 0.2) is 29.4 Å². The smallest absolute Gasteiger partial charge is 0.201 e. The summed E-state index contributed by atoms with van der Waals surface area (Å²) in [5.74, 6) is 0.289. The number of nitrogens with one attached hydrogen (secondary N) is 2. The van der Waals surface area contributed by atoms with Crippen molar-refractivity contribution in [3.05, 3.63) is 24.3 Å². The number of nitriles is 1. The highest BCUT2D eigenvalue weighted by atomic mass is 16.5. The number of ether oxygens (including phenoxy) is 1. The summed E-state index contributed by atoms with van der Waals surface area (Å²) in [7, 11) is 0. The first kappa shape index (κ1) is 16.8. The molecule has 0 atom stereocenters. The fourth-order valence-electron chi connectivity index (χ4n) is 2.41. The molecule has 0 bridgehead atoms. The first-order chi connectivity index (χ1) is 11.2. The quantitative estimate of drug-likeness (QED) is 0.403. The molecule has 1 heterocycles. The van der Waals surface area contributed by atoms with Gasteiger partial charge < -0.3 is 10.5 Å². The molecule has 1 aromatic rings. The Balaban J connectivity index is 1.92. The number of piperidine rings is 1. The Morgan fingerprint density at radius 3 is 2.78 bits per heavy atom. The normalized spacial score (nSPS) is 15.7. The zero-order chi connectivity index (χ0) is 16.5. The maximum absolute atomic E-state index is 8.85. The van der Waals surface area contributed by atoms with E-state index in [2.05, 4.69) is 15.4 Å². The van der Waals surface area contributed by atoms with Crippen LogP contribution >= 0.6 is 0 Å². The summed E-state index contributed by atoms with van der Waals surface area (Å²) in [6, 6.07) is 9.13. The Bertz CT molecular complexity index is 601. The average molecular weight is 314 g/mol. The van der Waals surface area contributed by atoms with Gasteiger partial charge in [0.15, 0.2) is 5.84 Å². The predicted octanol–water partition coefficient (Wildman–Crippen LogP) is 1.78. The maximum Gasteiger partial charge on any atom is 0.201 e. The van der Waals surface area contributed by atoms with E-state index in [1.54, 1.807) is 12.1 Å². The molecular weight excluding hydrogens is 292 g/mol. The molecule has 0 spiro atoms. The second-order valence-electron chi connectivity index (χ2n) is 5.34. The fourth-order valence-corrected chi connectivity index (χ4v) is 2.41. The van der Waals surface area contributed by atoms with Crippen molar-refractivity contribution in [3.8, 4) is 11.8 Å². The summed E-state index contributed by atoms with van der Waals surface area (Å²) in [6.07, 6.45) is 3.84. The highest BCUT2D eigenvalue weighted by Crippen LogP contribution is 2.23. The van der Waals surface area contributed by atoms with Gasteiger partial charge in [0, 0.05) is 6.54 Å². The van der Waals surface area contributed by atoms with Crippen LogP contribution in [0.5, 0.6) is 5.75 Å². The van der Waals surface area contributed by atoms with Crippen molar-refractivity contribution >= 4 is 17.2 Å². The number of benzene rings is 1. The lowest BCUT2D eigenvalue weighted by atomic mass is 10.1. The third kappa shape index (κ3) is 5.27. The van der Waals surface area contributed by atoms with Gasteiger partial charge in [-0.05, 0) is 38.1 Å². The highest BCUT2D eigenvalue weighted by Gasteiger charge is 2.10. The van der Waals surface area contributed by atoms with Crippen molar-refractivity contribution in [2.75, 3.05) is 31.7 Å². The van der Waals surface area contributed by atoms with Crippen molar-refractivity contribution in [3.63, 3.8) is 0 Å². The number of hydrazone groups is 1. The Morgan fingerprint density at radius 1 is 1.35 bits per heavy atom. The van der Waals surface area contributed by atoms with E-state index in [-0.39, 0.29) is 11.5 Å². The Labute approximate surface area is 136 Å². The summed E-state index contributed by atoms with van der Waals surface area (Å²) in [5.41, 5.74) is 8.49. The number of anilines is 1. The molecule has 0 saturated carbocycles. The first-order valence-electron chi connectivity index (χ1n) is 7.73. The van der Waals surface area contributed by atoms with Crippen LogP contribution in [0.2, 0.25) is 0 Å². The number of hydrogen-bond acceptors (Lipinski definition) is 6. The molecule has 4 N–H and O–H groups in total. The van der Waals surface area contributed by atoms with Crippen LogP contribution in [0.1, 0.15) is 19.3 Å². The van der Waals surface area contributed by atoms with Crippen LogP contribution in [0.4, 0.5) is 5.69 Å². The molecule has 2 rings (SSSR count). The molecule has 7 heteroatoms. The van der Waals surface area contributed by atoms with Gasteiger partial charge in [0.1, 0.15) is 18.4 Å². The molecule has 1 aliphatic rings. The van der Waals surface area contributed by atoms with Gasteiger partial charge in [0.2, 0.25) is 5.71 Å². The van der Waals surface area contributed by atoms with E-state index in [0.29, 0.717) is 18.0 Å². The Morgan fingerprint density at radius 2 is 2.09 bits per heavy atom. The highest BCUT2D eigenvalue weighted by molar-refractivity contribution is 6.45. The van der Waals surface area contributed by atoms with Crippen molar-refractivity contribution < 1.29 is 4.74 Å². The van der Waals surface area contributed by atoms with Crippen LogP contribution < -0.4 is 15.9 Å². The molecule has 0 unspecified atom stereocenters. The van der Waals surface area contributed by atoms with Gasteiger partial charge in [-0.2, -0.15) is 10.4 Å². The van der Waals surface area contributed by atoms with Crippen LogP contribution in [0, 0.1) is 16.7 Å². The minimum Gasteiger partial charge on any atom is -0.490 e. The molecule has 0 aromatic heterocycles. The number of nitrogens with zero attached hydrogens (tertiary/aromatic N) is 3. The molecule has 122 valence electrons. The molecular formula is C16H22N6O. The fraction of sp³-hybridized carbons (Fsp3) is 0.438. The standard InChI is InChI=1S/C16H22N6O/c17-12-14(16(18)19)21-20-13-6-2-3-7-15(13)23-11-10-22-8-4-1-5-9-22/h2-3,6-7,20H,1,4-5,8-11H2,(H3,18,19)/b21-14+. The lowest BCUT2D eigenvalue weighted by molar-refractivity contribution is 0.184. The SMILES string of the molecule is N#C/C(=N\Nc1ccccc1OCCN1CCCCC1)C(=N)N. The molecule has 1 saturated heterocycles. The van der Waals surface area contributed by atoms with Crippen molar-refractivity contribution in [1.82, 2.24) is 4.90 Å². The summed E-state index contributed by atoms with van der Waals surface area (Å²) in [4.78, 5) is 2.40. The molecule has 23 heavy (non-hydrogen) atoms. The average Bonchev–Trinajstić information content (AvgIpc) is 2.57. The van der Waals surface area contributed by atoms with E-state index in [0.717, 1.165) is 19.6 Å². The number of amidine groups is 1. The molecule has 1 aromatic carbocycles. The summed E-state index contributed by atoms with van der Waals surface area (Å²) < 4.78 is 5.83. The van der Waals surface area contributed by atoms with Crippen LogP contribution in [0.3, 0.4) is 0 Å². The number of para-hydroxylation sites is 2. The van der Waals surface area contributed by atoms with E-state index >= 15 is 0 Å².